The van der Waals surface area contributed by atoms with Gasteiger partial charge < -0.3 is 10.4 Å². The van der Waals surface area contributed by atoms with Crippen molar-refractivity contribution in [2.45, 2.75) is 13.5 Å². The molecular weight excluding hydrogens is 286 g/mol. The number of carboxylic acids is 1. The zero-order chi connectivity index (χ0) is 15.2. The van der Waals surface area contributed by atoms with Crippen LogP contribution in [0.4, 0.5) is 0 Å². The summed E-state index contributed by atoms with van der Waals surface area (Å²) in [6, 6.07) is 9.13. The number of carbonyl (C=O) groups is 2. The Balaban J connectivity index is 2.10. The minimum atomic E-state index is -1.01. The molecule has 0 aliphatic rings. The van der Waals surface area contributed by atoms with Crippen LogP contribution >= 0.6 is 11.3 Å². The number of benzene rings is 1. The summed E-state index contributed by atoms with van der Waals surface area (Å²) in [4.78, 5) is 23.8. The van der Waals surface area contributed by atoms with E-state index in [2.05, 4.69) is 5.32 Å². The van der Waals surface area contributed by atoms with Crippen molar-refractivity contribution in [1.82, 2.24) is 5.32 Å². The fraction of sp³-hybridized carbons (Fsp3) is 0.125. The van der Waals surface area contributed by atoms with Gasteiger partial charge >= 0.3 is 5.97 Å². The van der Waals surface area contributed by atoms with E-state index in [9.17, 15) is 9.59 Å². The molecule has 1 aromatic heterocycles. The van der Waals surface area contributed by atoms with Crippen molar-refractivity contribution in [3.05, 3.63) is 63.4 Å². The molecule has 0 aliphatic carbocycles. The van der Waals surface area contributed by atoms with E-state index in [0.717, 1.165) is 22.1 Å². The lowest BCUT2D eigenvalue weighted by molar-refractivity contribution is -0.131. The highest BCUT2D eigenvalue weighted by molar-refractivity contribution is 7.09. The van der Waals surface area contributed by atoms with Crippen molar-refractivity contribution in [1.29, 1.82) is 0 Å². The van der Waals surface area contributed by atoms with Gasteiger partial charge in [0.2, 0.25) is 0 Å². The Bertz CT molecular complexity index is 675. The summed E-state index contributed by atoms with van der Waals surface area (Å²) >= 11 is 1.59. The normalized spacial score (nSPS) is 10.7. The van der Waals surface area contributed by atoms with Crippen LogP contribution in [0.25, 0.3) is 6.08 Å². The third kappa shape index (κ3) is 4.29. The lowest BCUT2D eigenvalue weighted by Crippen LogP contribution is -2.22. The molecule has 0 fully saturated rings. The second-order valence-corrected chi connectivity index (χ2v) is 5.54. The van der Waals surface area contributed by atoms with Gasteiger partial charge in [0.05, 0.1) is 6.54 Å². The smallest absolute Gasteiger partial charge is 0.328 e. The summed E-state index contributed by atoms with van der Waals surface area (Å²) in [5.41, 5.74) is 2.16. The van der Waals surface area contributed by atoms with Crippen molar-refractivity contribution < 1.29 is 14.7 Å². The van der Waals surface area contributed by atoms with Crippen molar-refractivity contribution >= 4 is 29.3 Å². The van der Waals surface area contributed by atoms with Crippen molar-refractivity contribution in [2.24, 2.45) is 0 Å². The Labute approximate surface area is 126 Å². The first-order chi connectivity index (χ1) is 10.1. The first-order valence-corrected chi connectivity index (χ1v) is 7.26. The standard InChI is InChI=1S/C16H15NO3S/c1-11-4-5-13(9-12(11)6-7-15(18)19)16(20)17-10-14-3-2-8-21-14/h2-9H,10H2,1H3,(H,17,20)(H,18,19)/b7-6+. The first kappa shape index (κ1) is 15.0. The molecule has 0 unspecified atom stereocenters. The molecule has 0 saturated carbocycles. The largest absolute Gasteiger partial charge is 0.478 e. The van der Waals surface area contributed by atoms with E-state index in [-0.39, 0.29) is 5.91 Å². The molecule has 5 heteroatoms. The molecule has 0 radical (unpaired) electrons. The Morgan fingerprint density at radius 1 is 1.33 bits per heavy atom. The van der Waals surface area contributed by atoms with Gasteiger partial charge in [-0.1, -0.05) is 12.1 Å². The summed E-state index contributed by atoms with van der Waals surface area (Å²) in [5, 5.41) is 13.5. The Morgan fingerprint density at radius 2 is 2.14 bits per heavy atom. The lowest BCUT2D eigenvalue weighted by atomic mass is 10.0. The molecule has 4 nitrogen and oxygen atoms in total. The number of carboxylic acid groups (broad SMARTS) is 1. The number of nitrogens with one attached hydrogen (secondary N) is 1. The van der Waals surface area contributed by atoms with E-state index in [0.29, 0.717) is 12.1 Å². The number of amides is 1. The molecule has 0 spiro atoms. The highest BCUT2D eigenvalue weighted by Crippen LogP contribution is 2.14. The number of hydrogen-bond acceptors (Lipinski definition) is 3. The highest BCUT2D eigenvalue weighted by Gasteiger charge is 2.07. The molecule has 2 aromatic rings. The van der Waals surface area contributed by atoms with Gasteiger partial charge in [-0.15, -0.1) is 11.3 Å². The highest BCUT2D eigenvalue weighted by atomic mass is 32.1. The van der Waals surface area contributed by atoms with Gasteiger partial charge in [-0.05, 0) is 47.7 Å². The van der Waals surface area contributed by atoms with Crippen LogP contribution in [0.1, 0.15) is 26.4 Å². The van der Waals surface area contributed by atoms with Crippen LogP contribution < -0.4 is 5.32 Å². The molecule has 1 aromatic carbocycles. The monoisotopic (exact) mass is 301 g/mol. The number of carbonyl (C=O) groups excluding carboxylic acids is 1. The SMILES string of the molecule is Cc1ccc(C(=O)NCc2cccs2)cc1/C=C/C(=O)O. The molecule has 0 aliphatic heterocycles. The van der Waals surface area contributed by atoms with E-state index in [1.165, 1.54) is 6.08 Å². The fourth-order valence-corrected chi connectivity index (χ4v) is 2.45. The third-order valence-electron chi connectivity index (χ3n) is 2.95. The Morgan fingerprint density at radius 3 is 2.81 bits per heavy atom. The number of rotatable bonds is 5. The molecule has 0 bridgehead atoms. The molecule has 1 amide bonds. The van der Waals surface area contributed by atoms with Crippen molar-refractivity contribution in [3.63, 3.8) is 0 Å². The van der Waals surface area contributed by atoms with Gasteiger partial charge in [0.25, 0.3) is 5.91 Å². The topological polar surface area (TPSA) is 66.4 Å². The summed E-state index contributed by atoms with van der Waals surface area (Å²) in [6.07, 6.45) is 2.56. The maximum atomic E-state index is 12.1. The van der Waals surface area contributed by atoms with Crippen LogP contribution in [-0.2, 0) is 11.3 Å². The molecule has 2 rings (SSSR count). The van der Waals surface area contributed by atoms with Crippen molar-refractivity contribution in [3.8, 4) is 0 Å². The fourth-order valence-electron chi connectivity index (χ4n) is 1.80. The maximum absolute atomic E-state index is 12.1. The zero-order valence-electron chi connectivity index (χ0n) is 11.5. The predicted molar refractivity (Wildman–Crippen MR) is 83.3 cm³/mol. The molecule has 0 atom stereocenters. The molecule has 108 valence electrons. The van der Waals surface area contributed by atoms with Crippen molar-refractivity contribution in [2.75, 3.05) is 0 Å². The summed E-state index contributed by atoms with van der Waals surface area (Å²) in [5.74, 6) is -1.18. The predicted octanol–water partition coefficient (Wildman–Crippen LogP) is 3.08. The minimum absolute atomic E-state index is 0.173. The Kier molecular flexibility index (Phi) is 4.90. The van der Waals surface area contributed by atoms with Gasteiger partial charge in [-0.25, -0.2) is 4.79 Å². The van der Waals surface area contributed by atoms with E-state index < -0.39 is 5.97 Å². The van der Waals surface area contributed by atoms with Crippen LogP contribution in [0, 0.1) is 6.92 Å². The van der Waals surface area contributed by atoms with E-state index in [1.54, 1.807) is 23.5 Å². The minimum Gasteiger partial charge on any atom is -0.478 e. The number of thiophene rings is 1. The van der Waals surface area contributed by atoms with Crippen LogP contribution in [0.3, 0.4) is 0 Å². The number of hydrogen-bond donors (Lipinski definition) is 2. The molecule has 2 N–H and O–H groups in total. The second-order valence-electron chi connectivity index (χ2n) is 4.50. The average Bonchev–Trinajstić information content (AvgIpc) is 2.97. The zero-order valence-corrected chi connectivity index (χ0v) is 12.3. The van der Waals surface area contributed by atoms with Gasteiger partial charge in [-0.3, -0.25) is 4.79 Å². The van der Waals surface area contributed by atoms with E-state index >= 15 is 0 Å². The molecular formula is C16H15NO3S. The Hall–Kier alpha value is -2.40. The molecule has 21 heavy (non-hydrogen) atoms. The quantitative estimate of drug-likeness (QED) is 0.834. The summed E-state index contributed by atoms with van der Waals surface area (Å²) in [7, 11) is 0. The third-order valence-corrected chi connectivity index (χ3v) is 3.83. The van der Waals surface area contributed by atoms with Gasteiger partial charge in [0.15, 0.2) is 0 Å². The summed E-state index contributed by atoms with van der Waals surface area (Å²) in [6.45, 7) is 2.36. The second kappa shape index (κ2) is 6.85. The molecule has 0 saturated heterocycles. The number of aliphatic carboxylic acids is 1. The molecule has 1 heterocycles. The number of aryl methyl sites for hydroxylation is 1. The van der Waals surface area contributed by atoms with Crippen LogP contribution in [0.2, 0.25) is 0 Å². The van der Waals surface area contributed by atoms with E-state index in [1.807, 2.05) is 30.5 Å². The lowest BCUT2D eigenvalue weighted by Gasteiger charge is -2.06. The average molecular weight is 301 g/mol. The van der Waals surface area contributed by atoms with Crippen LogP contribution in [-0.4, -0.2) is 17.0 Å². The van der Waals surface area contributed by atoms with Crippen LogP contribution in [0.5, 0.6) is 0 Å². The summed E-state index contributed by atoms with van der Waals surface area (Å²) < 4.78 is 0. The van der Waals surface area contributed by atoms with Gasteiger partial charge in [0, 0.05) is 16.5 Å². The van der Waals surface area contributed by atoms with E-state index in [4.69, 9.17) is 5.11 Å². The maximum Gasteiger partial charge on any atom is 0.328 e. The van der Waals surface area contributed by atoms with Gasteiger partial charge in [0.1, 0.15) is 0 Å². The first-order valence-electron chi connectivity index (χ1n) is 6.38. The van der Waals surface area contributed by atoms with Gasteiger partial charge in [-0.2, -0.15) is 0 Å². The van der Waals surface area contributed by atoms with Crippen LogP contribution in [0.15, 0.2) is 41.8 Å².